The lowest BCUT2D eigenvalue weighted by molar-refractivity contribution is -0.120. The molecule has 3 aromatic rings. The van der Waals surface area contributed by atoms with Crippen LogP contribution in [0, 0.1) is 6.92 Å². The standard InChI is InChI=1S/C26H30N2O4/c1-18-12-13-25(31-2)22(15-18)27-26(30)23-10-6-14-28(23)16-20(29)17-32-24-11-5-8-19-7-3-4-9-21(19)24/h3-5,7-9,11-13,15,20,23,29H,6,10,14,16-17H2,1-2H3,(H,27,30). The number of fused-ring (bicyclic) bond motifs is 1. The van der Waals surface area contributed by atoms with E-state index in [4.69, 9.17) is 9.47 Å². The number of β-amino-alcohol motifs (C(OH)–C–C–N with tert-alkyl or cyclic N) is 1. The van der Waals surface area contributed by atoms with E-state index in [1.165, 1.54) is 0 Å². The van der Waals surface area contributed by atoms with Crippen LogP contribution in [0.15, 0.2) is 60.7 Å². The van der Waals surface area contributed by atoms with Gasteiger partial charge in [-0.2, -0.15) is 0 Å². The molecule has 1 heterocycles. The van der Waals surface area contributed by atoms with Gasteiger partial charge in [0.05, 0.1) is 18.8 Å². The van der Waals surface area contributed by atoms with Crippen molar-refractivity contribution in [2.75, 3.05) is 32.1 Å². The number of nitrogens with one attached hydrogen (secondary N) is 1. The topological polar surface area (TPSA) is 71.0 Å². The van der Waals surface area contributed by atoms with E-state index in [0.29, 0.717) is 18.0 Å². The van der Waals surface area contributed by atoms with E-state index in [9.17, 15) is 9.90 Å². The number of methoxy groups -OCH3 is 1. The summed E-state index contributed by atoms with van der Waals surface area (Å²) >= 11 is 0. The molecule has 3 aromatic carbocycles. The molecule has 1 aliphatic rings. The van der Waals surface area contributed by atoms with Crippen molar-refractivity contribution < 1.29 is 19.4 Å². The first-order chi connectivity index (χ1) is 15.5. The number of likely N-dealkylation sites (tertiary alicyclic amines) is 1. The van der Waals surface area contributed by atoms with Crippen molar-refractivity contribution in [2.24, 2.45) is 0 Å². The molecule has 1 amide bonds. The first-order valence-electron chi connectivity index (χ1n) is 11.0. The zero-order chi connectivity index (χ0) is 22.5. The molecule has 1 fully saturated rings. The summed E-state index contributed by atoms with van der Waals surface area (Å²) in [5, 5.41) is 15.8. The first-order valence-corrected chi connectivity index (χ1v) is 11.0. The number of carbonyl (C=O) groups excluding carboxylic acids is 1. The van der Waals surface area contributed by atoms with Gasteiger partial charge < -0.3 is 19.9 Å². The largest absolute Gasteiger partial charge is 0.495 e. The van der Waals surface area contributed by atoms with Crippen LogP contribution in [0.5, 0.6) is 11.5 Å². The van der Waals surface area contributed by atoms with E-state index in [0.717, 1.165) is 41.5 Å². The Balaban J connectivity index is 1.36. The maximum atomic E-state index is 13.0. The Bertz CT molecular complexity index is 1080. The van der Waals surface area contributed by atoms with Crippen LogP contribution in [0.2, 0.25) is 0 Å². The summed E-state index contributed by atoms with van der Waals surface area (Å²) in [6, 6.07) is 19.3. The molecule has 2 N–H and O–H groups in total. The third kappa shape index (κ3) is 5.03. The fraction of sp³-hybridized carbons (Fsp3) is 0.346. The monoisotopic (exact) mass is 434 g/mol. The molecule has 1 aliphatic heterocycles. The van der Waals surface area contributed by atoms with Gasteiger partial charge in [-0.15, -0.1) is 0 Å². The van der Waals surface area contributed by atoms with Gasteiger partial charge in [-0.25, -0.2) is 0 Å². The third-order valence-corrected chi connectivity index (χ3v) is 5.91. The number of aliphatic hydroxyl groups excluding tert-OH is 1. The molecule has 0 saturated carbocycles. The SMILES string of the molecule is COc1ccc(C)cc1NC(=O)C1CCCN1CC(O)COc1cccc2ccccc12. The molecule has 0 radical (unpaired) electrons. The Morgan fingerprint density at radius 2 is 1.97 bits per heavy atom. The maximum absolute atomic E-state index is 13.0. The van der Waals surface area contributed by atoms with Crippen molar-refractivity contribution >= 4 is 22.4 Å². The van der Waals surface area contributed by atoms with Crippen LogP contribution in [-0.2, 0) is 4.79 Å². The second-order valence-corrected chi connectivity index (χ2v) is 8.29. The van der Waals surface area contributed by atoms with Crippen LogP contribution in [0.25, 0.3) is 10.8 Å². The lowest BCUT2D eigenvalue weighted by Crippen LogP contribution is -2.44. The minimum Gasteiger partial charge on any atom is -0.495 e. The molecule has 2 atom stereocenters. The van der Waals surface area contributed by atoms with E-state index < -0.39 is 6.10 Å². The molecular formula is C26H30N2O4. The highest BCUT2D eigenvalue weighted by molar-refractivity contribution is 5.96. The number of aryl methyl sites for hydroxylation is 1. The predicted molar refractivity (Wildman–Crippen MR) is 126 cm³/mol. The number of nitrogens with zero attached hydrogens (tertiary/aromatic N) is 1. The van der Waals surface area contributed by atoms with Crippen LogP contribution in [0.1, 0.15) is 18.4 Å². The molecule has 0 bridgehead atoms. The lowest BCUT2D eigenvalue weighted by atomic mass is 10.1. The van der Waals surface area contributed by atoms with Gasteiger partial charge in [0.15, 0.2) is 0 Å². The van der Waals surface area contributed by atoms with Crippen LogP contribution in [0.4, 0.5) is 5.69 Å². The highest BCUT2D eigenvalue weighted by Gasteiger charge is 2.32. The Morgan fingerprint density at radius 3 is 2.81 bits per heavy atom. The molecule has 0 spiro atoms. The summed E-state index contributed by atoms with van der Waals surface area (Å²) < 4.78 is 11.3. The molecule has 1 saturated heterocycles. The summed E-state index contributed by atoms with van der Waals surface area (Å²) in [5.41, 5.74) is 1.72. The third-order valence-electron chi connectivity index (χ3n) is 5.91. The number of amides is 1. The van der Waals surface area contributed by atoms with Gasteiger partial charge in [-0.3, -0.25) is 9.69 Å². The van der Waals surface area contributed by atoms with Gasteiger partial charge in [0.1, 0.15) is 24.2 Å². The summed E-state index contributed by atoms with van der Waals surface area (Å²) in [7, 11) is 1.59. The lowest BCUT2D eigenvalue weighted by Gasteiger charge is -2.26. The highest BCUT2D eigenvalue weighted by Crippen LogP contribution is 2.28. The van der Waals surface area contributed by atoms with Gasteiger partial charge in [-0.05, 0) is 55.5 Å². The molecule has 6 nitrogen and oxygen atoms in total. The van der Waals surface area contributed by atoms with E-state index in [2.05, 4.69) is 5.32 Å². The molecule has 4 rings (SSSR count). The van der Waals surface area contributed by atoms with Crippen molar-refractivity contribution in [3.63, 3.8) is 0 Å². The Kier molecular flexibility index (Phi) is 6.93. The van der Waals surface area contributed by atoms with Crippen LogP contribution >= 0.6 is 0 Å². The van der Waals surface area contributed by atoms with E-state index in [1.54, 1.807) is 7.11 Å². The Hall–Kier alpha value is -3.09. The molecule has 6 heteroatoms. The average molecular weight is 435 g/mol. The van der Waals surface area contributed by atoms with Crippen molar-refractivity contribution in [3.05, 3.63) is 66.2 Å². The number of benzene rings is 3. The van der Waals surface area contributed by atoms with E-state index in [1.807, 2.05) is 72.5 Å². The highest BCUT2D eigenvalue weighted by atomic mass is 16.5. The molecule has 2 unspecified atom stereocenters. The summed E-state index contributed by atoms with van der Waals surface area (Å²) in [5.74, 6) is 1.31. The number of carbonyl (C=O) groups is 1. The number of ether oxygens (including phenoxy) is 2. The predicted octanol–water partition coefficient (Wildman–Crippen LogP) is 4.00. The van der Waals surface area contributed by atoms with Crippen molar-refractivity contribution in [3.8, 4) is 11.5 Å². The van der Waals surface area contributed by atoms with Crippen molar-refractivity contribution in [2.45, 2.75) is 31.9 Å². The second-order valence-electron chi connectivity index (χ2n) is 8.29. The quantitative estimate of drug-likeness (QED) is 0.561. The molecule has 0 aliphatic carbocycles. The molecule has 0 aromatic heterocycles. The molecule has 32 heavy (non-hydrogen) atoms. The van der Waals surface area contributed by atoms with Gasteiger partial charge in [0.2, 0.25) is 5.91 Å². The minimum atomic E-state index is -0.698. The summed E-state index contributed by atoms with van der Waals surface area (Å²) in [6.45, 7) is 3.30. The summed E-state index contributed by atoms with van der Waals surface area (Å²) in [6.07, 6.45) is 0.979. The van der Waals surface area contributed by atoms with Crippen molar-refractivity contribution in [1.82, 2.24) is 4.90 Å². The average Bonchev–Trinajstić information content (AvgIpc) is 3.26. The number of hydrogen-bond acceptors (Lipinski definition) is 5. The normalized spacial score (nSPS) is 17.3. The van der Waals surface area contributed by atoms with Gasteiger partial charge >= 0.3 is 0 Å². The van der Waals surface area contributed by atoms with E-state index in [-0.39, 0.29) is 18.6 Å². The summed E-state index contributed by atoms with van der Waals surface area (Å²) in [4.78, 5) is 15.0. The van der Waals surface area contributed by atoms with Crippen LogP contribution in [0.3, 0.4) is 0 Å². The van der Waals surface area contributed by atoms with E-state index >= 15 is 0 Å². The number of aliphatic hydroxyl groups is 1. The zero-order valence-corrected chi connectivity index (χ0v) is 18.6. The first kappa shape index (κ1) is 22.1. The van der Waals surface area contributed by atoms with Gasteiger partial charge in [0.25, 0.3) is 0 Å². The maximum Gasteiger partial charge on any atom is 0.241 e. The van der Waals surface area contributed by atoms with Crippen LogP contribution in [-0.4, -0.2) is 54.9 Å². The molecular weight excluding hydrogens is 404 g/mol. The van der Waals surface area contributed by atoms with Crippen molar-refractivity contribution in [1.29, 1.82) is 0 Å². The number of hydrogen-bond donors (Lipinski definition) is 2. The van der Waals surface area contributed by atoms with Gasteiger partial charge in [-0.1, -0.05) is 42.5 Å². The minimum absolute atomic E-state index is 0.0754. The van der Waals surface area contributed by atoms with Gasteiger partial charge in [0, 0.05) is 11.9 Å². The fourth-order valence-corrected chi connectivity index (χ4v) is 4.31. The smallest absolute Gasteiger partial charge is 0.241 e. The Morgan fingerprint density at radius 1 is 1.16 bits per heavy atom. The zero-order valence-electron chi connectivity index (χ0n) is 18.6. The Labute approximate surface area is 188 Å². The molecule has 168 valence electrons. The second kappa shape index (κ2) is 10.0. The number of anilines is 1. The fourth-order valence-electron chi connectivity index (χ4n) is 4.31. The number of rotatable bonds is 8. The van der Waals surface area contributed by atoms with Crippen LogP contribution < -0.4 is 14.8 Å².